The minimum Gasteiger partial charge on any atom is -0.492 e. The number of urea groups is 1. The van der Waals surface area contributed by atoms with E-state index in [0.717, 1.165) is 25.4 Å². The molecule has 0 atom stereocenters. The lowest BCUT2D eigenvalue weighted by Gasteiger charge is -2.37. The molecule has 2 saturated heterocycles. The average Bonchev–Trinajstić information content (AvgIpc) is 2.76. The summed E-state index contributed by atoms with van der Waals surface area (Å²) in [6.07, 6.45) is 1.29. The lowest BCUT2D eigenvalue weighted by molar-refractivity contribution is -0.132. The van der Waals surface area contributed by atoms with Crippen LogP contribution in [-0.4, -0.2) is 60.6 Å². The van der Waals surface area contributed by atoms with Crippen LogP contribution in [0.3, 0.4) is 0 Å². The smallest absolute Gasteiger partial charge is 0.324 e. The maximum absolute atomic E-state index is 12.2. The molecular weight excluding hydrogens is 296 g/mol. The van der Waals surface area contributed by atoms with Crippen molar-refractivity contribution in [3.8, 4) is 5.75 Å². The first-order valence-corrected chi connectivity index (χ1v) is 7.81. The van der Waals surface area contributed by atoms with E-state index in [9.17, 15) is 9.59 Å². The van der Waals surface area contributed by atoms with Crippen molar-refractivity contribution in [2.75, 3.05) is 39.0 Å². The van der Waals surface area contributed by atoms with Crippen molar-refractivity contribution in [3.63, 3.8) is 0 Å². The van der Waals surface area contributed by atoms with Crippen molar-refractivity contribution in [2.24, 2.45) is 0 Å². The predicted octanol–water partition coefficient (Wildman–Crippen LogP) is 0.664. The fourth-order valence-corrected chi connectivity index (χ4v) is 3.11. The summed E-state index contributed by atoms with van der Waals surface area (Å²) in [6.45, 7) is 2.91. The normalized spacial score (nSPS) is 20.8. The minimum atomic E-state index is -0.694. The molecule has 0 aromatic heterocycles. The molecule has 7 nitrogen and oxygen atoms in total. The molecule has 0 unspecified atom stereocenters. The van der Waals surface area contributed by atoms with E-state index in [1.54, 1.807) is 0 Å². The molecule has 1 spiro atoms. The summed E-state index contributed by atoms with van der Waals surface area (Å²) in [6, 6.07) is 7.03. The first-order chi connectivity index (χ1) is 11.0. The van der Waals surface area contributed by atoms with Crippen molar-refractivity contribution >= 4 is 17.6 Å². The zero-order valence-electron chi connectivity index (χ0n) is 13.2. The van der Waals surface area contributed by atoms with Gasteiger partial charge in [-0.1, -0.05) is 0 Å². The monoisotopic (exact) mass is 318 g/mol. The van der Waals surface area contributed by atoms with Gasteiger partial charge in [-0.05, 0) is 37.1 Å². The standard InChI is InChI=1S/C16H22N4O3/c1-19-14(21)16(18-15(19)22)6-8-20(9-7-16)10-11-23-13-4-2-12(17)3-5-13/h2-5H,6-11,17H2,1H3,(H,18,22). The number of carbonyl (C=O) groups is 2. The molecule has 2 fully saturated rings. The quantitative estimate of drug-likeness (QED) is 0.629. The number of hydrogen-bond acceptors (Lipinski definition) is 5. The third kappa shape index (κ3) is 3.10. The number of imide groups is 1. The highest BCUT2D eigenvalue weighted by Crippen LogP contribution is 2.28. The Morgan fingerprint density at radius 1 is 1.22 bits per heavy atom. The number of likely N-dealkylation sites (tertiary alicyclic amines) is 1. The minimum absolute atomic E-state index is 0.111. The summed E-state index contributed by atoms with van der Waals surface area (Å²) in [4.78, 5) is 27.3. The predicted molar refractivity (Wildman–Crippen MR) is 86.1 cm³/mol. The number of nitrogens with two attached hydrogens (primary N) is 1. The molecule has 3 N–H and O–H groups in total. The molecule has 0 radical (unpaired) electrons. The van der Waals surface area contributed by atoms with Gasteiger partial charge in [-0.3, -0.25) is 14.6 Å². The third-order valence-electron chi connectivity index (χ3n) is 4.63. The van der Waals surface area contributed by atoms with E-state index in [1.807, 2.05) is 24.3 Å². The number of piperidine rings is 1. The highest BCUT2D eigenvalue weighted by molar-refractivity contribution is 6.06. The largest absolute Gasteiger partial charge is 0.492 e. The molecule has 0 bridgehead atoms. The Morgan fingerprint density at radius 2 is 1.87 bits per heavy atom. The van der Waals surface area contributed by atoms with Gasteiger partial charge in [0.15, 0.2) is 0 Å². The zero-order valence-corrected chi connectivity index (χ0v) is 13.2. The summed E-state index contributed by atoms with van der Waals surface area (Å²) < 4.78 is 5.69. The summed E-state index contributed by atoms with van der Waals surface area (Å²) in [5.41, 5.74) is 5.66. The van der Waals surface area contributed by atoms with Crippen molar-refractivity contribution < 1.29 is 14.3 Å². The van der Waals surface area contributed by atoms with Gasteiger partial charge < -0.3 is 15.8 Å². The average molecular weight is 318 g/mol. The molecule has 1 aromatic rings. The van der Waals surface area contributed by atoms with E-state index in [4.69, 9.17) is 10.5 Å². The van der Waals surface area contributed by atoms with Gasteiger partial charge >= 0.3 is 6.03 Å². The Bertz CT molecular complexity index is 594. The Hall–Kier alpha value is -2.28. The second-order valence-electron chi connectivity index (χ2n) is 6.14. The van der Waals surface area contributed by atoms with Gasteiger partial charge in [0, 0.05) is 32.4 Å². The van der Waals surface area contributed by atoms with E-state index in [2.05, 4.69) is 10.2 Å². The molecule has 3 amide bonds. The Labute approximate surface area is 135 Å². The van der Waals surface area contributed by atoms with E-state index >= 15 is 0 Å². The molecule has 1 aromatic carbocycles. The number of nitrogens with zero attached hydrogens (tertiary/aromatic N) is 2. The lowest BCUT2D eigenvalue weighted by Crippen LogP contribution is -2.55. The Morgan fingerprint density at radius 3 is 2.43 bits per heavy atom. The van der Waals surface area contributed by atoms with Crippen LogP contribution in [0.15, 0.2) is 24.3 Å². The van der Waals surface area contributed by atoms with Gasteiger partial charge in [-0.2, -0.15) is 0 Å². The Kier molecular flexibility index (Phi) is 4.12. The number of anilines is 1. The summed E-state index contributed by atoms with van der Waals surface area (Å²) in [5, 5.41) is 2.84. The summed E-state index contributed by atoms with van der Waals surface area (Å²) in [7, 11) is 1.53. The van der Waals surface area contributed by atoms with Gasteiger partial charge in [0.05, 0.1) is 0 Å². The first-order valence-electron chi connectivity index (χ1n) is 7.81. The van der Waals surface area contributed by atoms with Gasteiger partial charge in [-0.15, -0.1) is 0 Å². The van der Waals surface area contributed by atoms with Crippen molar-refractivity contribution in [1.29, 1.82) is 0 Å². The fraction of sp³-hybridized carbons (Fsp3) is 0.500. The van der Waals surface area contributed by atoms with Gasteiger partial charge in [-0.25, -0.2) is 4.79 Å². The van der Waals surface area contributed by atoms with Crippen LogP contribution in [0.25, 0.3) is 0 Å². The van der Waals surface area contributed by atoms with Crippen molar-refractivity contribution in [1.82, 2.24) is 15.1 Å². The van der Waals surface area contributed by atoms with Crippen LogP contribution >= 0.6 is 0 Å². The number of rotatable bonds is 4. The summed E-state index contributed by atoms with van der Waals surface area (Å²) >= 11 is 0. The topological polar surface area (TPSA) is 87.9 Å². The maximum atomic E-state index is 12.2. The number of likely N-dealkylation sites (N-methyl/N-ethyl adjacent to an activating group) is 1. The molecule has 23 heavy (non-hydrogen) atoms. The molecule has 2 aliphatic heterocycles. The molecule has 7 heteroatoms. The van der Waals surface area contributed by atoms with Crippen LogP contribution in [0, 0.1) is 0 Å². The van der Waals surface area contributed by atoms with Gasteiger partial charge in [0.25, 0.3) is 5.91 Å². The zero-order chi connectivity index (χ0) is 16.4. The number of ether oxygens (including phenoxy) is 1. The fourth-order valence-electron chi connectivity index (χ4n) is 3.11. The van der Waals surface area contributed by atoms with Crippen LogP contribution in [0.5, 0.6) is 5.75 Å². The molecule has 124 valence electrons. The second-order valence-corrected chi connectivity index (χ2v) is 6.14. The molecule has 3 rings (SSSR count). The summed E-state index contributed by atoms with van der Waals surface area (Å²) in [5.74, 6) is 0.688. The molecular formula is C16H22N4O3. The van der Waals surface area contributed by atoms with Gasteiger partial charge in [0.1, 0.15) is 17.9 Å². The third-order valence-corrected chi connectivity index (χ3v) is 4.63. The SMILES string of the molecule is CN1C(=O)NC2(CCN(CCOc3ccc(N)cc3)CC2)C1=O. The first kappa shape index (κ1) is 15.6. The van der Waals surface area contributed by atoms with Crippen LogP contribution < -0.4 is 15.8 Å². The lowest BCUT2D eigenvalue weighted by atomic mass is 9.87. The van der Waals surface area contributed by atoms with Crippen molar-refractivity contribution in [3.05, 3.63) is 24.3 Å². The van der Waals surface area contributed by atoms with Gasteiger partial charge in [0.2, 0.25) is 0 Å². The van der Waals surface area contributed by atoms with Crippen molar-refractivity contribution in [2.45, 2.75) is 18.4 Å². The van der Waals surface area contributed by atoms with E-state index in [1.165, 1.54) is 11.9 Å². The molecule has 0 aliphatic carbocycles. The van der Waals surface area contributed by atoms with Crippen LogP contribution in [0.4, 0.5) is 10.5 Å². The van der Waals surface area contributed by atoms with Crippen LogP contribution in [-0.2, 0) is 4.79 Å². The number of nitrogen functional groups attached to an aromatic ring is 1. The maximum Gasteiger partial charge on any atom is 0.324 e. The second kappa shape index (κ2) is 6.08. The molecule has 0 saturated carbocycles. The number of benzene rings is 1. The molecule has 2 heterocycles. The van der Waals surface area contributed by atoms with E-state index < -0.39 is 5.54 Å². The van der Waals surface area contributed by atoms with E-state index in [-0.39, 0.29) is 11.9 Å². The highest BCUT2D eigenvalue weighted by atomic mass is 16.5. The number of carbonyl (C=O) groups excluding carboxylic acids is 2. The van der Waals surface area contributed by atoms with Crippen LogP contribution in [0.1, 0.15) is 12.8 Å². The number of nitrogens with one attached hydrogen (secondary N) is 1. The van der Waals surface area contributed by atoms with Crippen LogP contribution in [0.2, 0.25) is 0 Å². The molecule has 2 aliphatic rings. The Balaban J connectivity index is 1.45. The highest BCUT2D eigenvalue weighted by Gasteiger charge is 2.50. The number of hydrogen-bond donors (Lipinski definition) is 2. The number of amides is 3. The van der Waals surface area contributed by atoms with E-state index in [0.29, 0.717) is 25.1 Å².